The Morgan fingerprint density at radius 1 is 1.07 bits per heavy atom. The van der Waals surface area contributed by atoms with E-state index in [1.165, 1.54) is 18.2 Å². The van der Waals surface area contributed by atoms with Gasteiger partial charge in [-0.15, -0.1) is 0 Å². The number of Topliss-reactive ketones (excluding diaryl/α,β-unsaturated/α-hetero) is 1. The van der Waals surface area contributed by atoms with Gasteiger partial charge in [0.15, 0.2) is 17.7 Å². The number of sulfonamides is 1. The van der Waals surface area contributed by atoms with Crippen molar-refractivity contribution in [2.45, 2.75) is 76.6 Å². The highest BCUT2D eigenvalue weighted by Gasteiger charge is 2.47. The third-order valence-electron chi connectivity index (χ3n) is 7.15. The molecule has 2 N–H and O–H groups in total. The lowest BCUT2D eigenvalue weighted by atomic mass is 9.93. The fourth-order valence-corrected chi connectivity index (χ4v) is 6.62. The Kier molecular flexibility index (Phi) is 9.23. The molecule has 1 saturated heterocycles. The lowest BCUT2D eigenvalue weighted by Gasteiger charge is -2.25. The third-order valence-corrected chi connectivity index (χ3v) is 8.98. The summed E-state index contributed by atoms with van der Waals surface area (Å²) in [5.74, 6) is -0.855. The van der Waals surface area contributed by atoms with Gasteiger partial charge < -0.3 is 24.8 Å². The van der Waals surface area contributed by atoms with Crippen LogP contribution in [0.3, 0.4) is 0 Å². The lowest BCUT2D eigenvalue weighted by molar-refractivity contribution is -0.139. The molecular formula is C29H37N3O8S. The Morgan fingerprint density at radius 2 is 1.78 bits per heavy atom. The van der Waals surface area contributed by atoms with E-state index in [0.29, 0.717) is 17.9 Å². The molecule has 2 aliphatic heterocycles. The van der Waals surface area contributed by atoms with Gasteiger partial charge in [0.2, 0.25) is 22.6 Å². The van der Waals surface area contributed by atoms with Gasteiger partial charge >= 0.3 is 6.09 Å². The number of amides is 2. The average molecular weight is 588 g/mol. The van der Waals surface area contributed by atoms with Crippen LogP contribution in [0.5, 0.6) is 11.5 Å². The second-order valence-corrected chi connectivity index (χ2v) is 13.0. The molecule has 0 spiro atoms. The highest BCUT2D eigenvalue weighted by molar-refractivity contribution is 7.89. The summed E-state index contributed by atoms with van der Waals surface area (Å²) in [6.07, 6.45) is -0.300. The minimum Gasteiger partial charge on any atom is -0.454 e. The summed E-state index contributed by atoms with van der Waals surface area (Å²) in [5, 5.41) is 5.20. The second kappa shape index (κ2) is 12.5. The number of fused-ring (bicyclic) bond motifs is 1. The quantitative estimate of drug-likeness (QED) is 0.378. The minimum absolute atomic E-state index is 0.00258. The molecule has 0 aromatic heterocycles. The summed E-state index contributed by atoms with van der Waals surface area (Å²) in [7, 11) is -4.08. The van der Waals surface area contributed by atoms with E-state index in [-0.39, 0.29) is 31.1 Å². The Bertz CT molecular complexity index is 1380. The molecule has 12 heteroatoms. The molecule has 11 nitrogen and oxygen atoms in total. The van der Waals surface area contributed by atoms with E-state index in [9.17, 15) is 22.8 Å². The zero-order valence-electron chi connectivity index (χ0n) is 23.7. The van der Waals surface area contributed by atoms with Gasteiger partial charge in [-0.05, 0) is 36.5 Å². The first-order valence-electron chi connectivity index (χ1n) is 13.7. The van der Waals surface area contributed by atoms with Crippen LogP contribution in [-0.2, 0) is 24.3 Å². The first-order chi connectivity index (χ1) is 19.4. The maximum atomic E-state index is 13.6. The Hall–Kier alpha value is -3.64. The van der Waals surface area contributed by atoms with Crippen LogP contribution in [0, 0.1) is 5.41 Å². The minimum atomic E-state index is -4.08. The highest BCUT2D eigenvalue weighted by Crippen LogP contribution is 2.40. The van der Waals surface area contributed by atoms with Crippen LogP contribution in [0.1, 0.15) is 65.0 Å². The number of unbranched alkanes of at least 4 members (excludes halogenated alkanes) is 1. The van der Waals surface area contributed by atoms with Crippen molar-refractivity contribution in [3.8, 4) is 11.5 Å². The van der Waals surface area contributed by atoms with Gasteiger partial charge in [0.05, 0.1) is 10.9 Å². The molecule has 2 heterocycles. The molecule has 0 bridgehead atoms. The Balaban J connectivity index is 1.45. The lowest BCUT2D eigenvalue weighted by Crippen LogP contribution is -2.49. The van der Waals surface area contributed by atoms with Crippen molar-refractivity contribution in [2.24, 2.45) is 5.41 Å². The summed E-state index contributed by atoms with van der Waals surface area (Å²) < 4.78 is 44.6. The van der Waals surface area contributed by atoms with Crippen LogP contribution in [-0.4, -0.2) is 56.1 Å². The number of ether oxygens (including phenoxy) is 3. The van der Waals surface area contributed by atoms with Crippen LogP contribution in [0.4, 0.5) is 4.79 Å². The van der Waals surface area contributed by atoms with Gasteiger partial charge in [0.25, 0.3) is 5.91 Å². The number of benzene rings is 2. The largest absolute Gasteiger partial charge is 0.454 e. The van der Waals surface area contributed by atoms with E-state index in [0.717, 1.165) is 16.3 Å². The van der Waals surface area contributed by atoms with Crippen molar-refractivity contribution in [1.82, 2.24) is 14.9 Å². The van der Waals surface area contributed by atoms with E-state index in [4.69, 9.17) is 14.2 Å². The van der Waals surface area contributed by atoms with Crippen LogP contribution in [0.15, 0.2) is 53.4 Å². The molecule has 1 unspecified atom stereocenters. The summed E-state index contributed by atoms with van der Waals surface area (Å²) in [5.41, 5.74) is 0.345. The fourth-order valence-electron chi connectivity index (χ4n) is 4.90. The summed E-state index contributed by atoms with van der Waals surface area (Å²) >= 11 is 0. The predicted octanol–water partition coefficient (Wildman–Crippen LogP) is 3.89. The third kappa shape index (κ3) is 7.17. The van der Waals surface area contributed by atoms with Crippen LogP contribution in [0.25, 0.3) is 0 Å². The maximum absolute atomic E-state index is 13.6. The van der Waals surface area contributed by atoms with Gasteiger partial charge in [0.1, 0.15) is 6.04 Å². The van der Waals surface area contributed by atoms with Crippen molar-refractivity contribution in [3.05, 3.63) is 54.1 Å². The number of ketones is 1. The second-order valence-electron chi connectivity index (χ2n) is 11.1. The number of nitrogens with zero attached hydrogens (tertiary/aromatic N) is 1. The molecule has 0 saturated carbocycles. The zero-order valence-corrected chi connectivity index (χ0v) is 24.5. The van der Waals surface area contributed by atoms with E-state index in [1.54, 1.807) is 6.92 Å². The number of alkyl carbamates (subject to hydrolysis) is 1. The molecule has 1 fully saturated rings. The topological polar surface area (TPSA) is 140 Å². The highest BCUT2D eigenvalue weighted by atomic mass is 32.2. The Labute approximate surface area is 240 Å². The zero-order chi connectivity index (χ0) is 29.8. The van der Waals surface area contributed by atoms with Gasteiger partial charge in [-0.1, -0.05) is 63.9 Å². The fraction of sp³-hybridized carbons (Fsp3) is 0.483. The van der Waals surface area contributed by atoms with E-state index < -0.39 is 51.5 Å². The van der Waals surface area contributed by atoms with Crippen molar-refractivity contribution in [3.63, 3.8) is 0 Å². The molecule has 222 valence electrons. The number of hydrogen-bond acceptors (Lipinski definition) is 8. The smallest absolute Gasteiger partial charge is 0.409 e. The molecular weight excluding hydrogens is 550 g/mol. The molecule has 41 heavy (non-hydrogen) atoms. The SMILES string of the molecule is CCCC[C@H](NC(=O)OC1CC(C)(C)CN1S(=O)(=O)c1ccc2c(c1)OCO2)C(=O)C(=O)N[C@H](C)c1ccccc1. The number of carbonyl (C=O) groups is 3. The molecule has 3 atom stereocenters. The van der Waals surface area contributed by atoms with Crippen LogP contribution >= 0.6 is 0 Å². The summed E-state index contributed by atoms with van der Waals surface area (Å²) in [6.45, 7) is 7.56. The summed E-state index contributed by atoms with van der Waals surface area (Å²) in [6, 6.07) is 12.0. The van der Waals surface area contributed by atoms with Crippen LogP contribution < -0.4 is 20.1 Å². The molecule has 4 rings (SSSR count). The van der Waals surface area contributed by atoms with Crippen molar-refractivity contribution in [2.75, 3.05) is 13.3 Å². The number of carbonyl (C=O) groups excluding carboxylic acids is 3. The van der Waals surface area contributed by atoms with Gasteiger partial charge in [-0.3, -0.25) is 9.59 Å². The molecule has 2 aliphatic rings. The van der Waals surface area contributed by atoms with E-state index in [2.05, 4.69) is 10.6 Å². The molecule has 2 aromatic carbocycles. The predicted molar refractivity (Wildman–Crippen MR) is 150 cm³/mol. The van der Waals surface area contributed by atoms with Crippen molar-refractivity contribution >= 4 is 27.8 Å². The van der Waals surface area contributed by atoms with Crippen molar-refractivity contribution < 1.29 is 37.0 Å². The number of hydrogen-bond donors (Lipinski definition) is 2. The standard InChI is InChI=1S/C29H37N3O8S/c1-5-6-12-22(26(33)27(34)30-19(2)20-10-8-7-9-11-20)31-28(35)40-25-16-29(3,4)17-32(25)41(36,37)21-13-14-23-24(15-21)39-18-38-23/h7-11,13-15,19,22,25H,5-6,12,16-18H2,1-4H3,(H,30,34)(H,31,35)/t19-,22+,25?/m1/s1. The maximum Gasteiger partial charge on any atom is 0.409 e. The monoisotopic (exact) mass is 587 g/mol. The van der Waals surface area contributed by atoms with Gasteiger partial charge in [-0.25, -0.2) is 13.2 Å². The van der Waals surface area contributed by atoms with E-state index >= 15 is 0 Å². The first-order valence-corrected chi connectivity index (χ1v) is 15.1. The number of rotatable bonds is 11. The van der Waals surface area contributed by atoms with Crippen molar-refractivity contribution in [1.29, 1.82) is 0 Å². The molecule has 2 amide bonds. The van der Waals surface area contributed by atoms with Crippen LogP contribution in [0.2, 0.25) is 0 Å². The average Bonchev–Trinajstić information content (AvgIpc) is 3.54. The summed E-state index contributed by atoms with van der Waals surface area (Å²) in [4.78, 5) is 38.9. The normalized spacial score (nSPS) is 19.3. The Morgan fingerprint density at radius 3 is 2.49 bits per heavy atom. The van der Waals surface area contributed by atoms with Gasteiger partial charge in [-0.2, -0.15) is 4.31 Å². The molecule has 0 aliphatic carbocycles. The van der Waals surface area contributed by atoms with Gasteiger partial charge in [0, 0.05) is 19.0 Å². The first kappa shape index (κ1) is 30.3. The molecule has 2 aromatic rings. The molecule has 0 radical (unpaired) electrons. The van der Waals surface area contributed by atoms with E-state index in [1.807, 2.05) is 51.1 Å². The number of nitrogens with one attached hydrogen (secondary N) is 2.